The quantitative estimate of drug-likeness (QED) is 0.581. The fourth-order valence-corrected chi connectivity index (χ4v) is 5.20. The van der Waals surface area contributed by atoms with E-state index < -0.39 is 10.0 Å². The first-order valence-electron chi connectivity index (χ1n) is 10.5. The number of amides is 1. The van der Waals surface area contributed by atoms with E-state index in [0.29, 0.717) is 28.9 Å². The molecule has 0 spiro atoms. The van der Waals surface area contributed by atoms with Crippen LogP contribution < -0.4 is 14.4 Å². The minimum Gasteiger partial charge on any atom is -0.495 e. The first-order chi connectivity index (χ1) is 15.4. The molecular formula is C23H26N4O4S. The number of nitrogens with one attached hydrogen (secondary N) is 1. The van der Waals surface area contributed by atoms with E-state index in [1.165, 1.54) is 42.7 Å². The molecule has 0 bridgehead atoms. The number of anilines is 2. The van der Waals surface area contributed by atoms with Gasteiger partial charge in [0, 0.05) is 18.7 Å². The molecule has 1 aromatic heterocycles. The van der Waals surface area contributed by atoms with Gasteiger partial charge in [-0.05, 0) is 49.2 Å². The summed E-state index contributed by atoms with van der Waals surface area (Å²) in [5, 5.41) is 7.25. The Morgan fingerprint density at radius 1 is 1.09 bits per heavy atom. The van der Waals surface area contributed by atoms with Gasteiger partial charge in [-0.1, -0.05) is 25.0 Å². The highest BCUT2D eigenvalue weighted by Gasteiger charge is 2.24. The Morgan fingerprint density at radius 2 is 1.78 bits per heavy atom. The van der Waals surface area contributed by atoms with Crippen molar-refractivity contribution in [3.8, 4) is 5.75 Å². The molecule has 9 heteroatoms. The van der Waals surface area contributed by atoms with Crippen molar-refractivity contribution in [3.05, 3.63) is 66.4 Å². The number of benzene rings is 2. The van der Waals surface area contributed by atoms with E-state index in [-0.39, 0.29) is 10.8 Å². The summed E-state index contributed by atoms with van der Waals surface area (Å²) in [5.41, 5.74) is 0.792. The maximum atomic E-state index is 13.1. The number of para-hydroxylation sites is 2. The van der Waals surface area contributed by atoms with Crippen molar-refractivity contribution >= 4 is 27.4 Å². The average molecular weight is 455 g/mol. The minimum atomic E-state index is -3.83. The molecule has 1 heterocycles. The van der Waals surface area contributed by atoms with Gasteiger partial charge in [0.05, 0.1) is 29.9 Å². The Morgan fingerprint density at radius 3 is 2.47 bits per heavy atom. The van der Waals surface area contributed by atoms with Crippen LogP contribution in [0.2, 0.25) is 0 Å². The third kappa shape index (κ3) is 4.20. The lowest BCUT2D eigenvalue weighted by Crippen LogP contribution is -2.27. The molecule has 1 saturated carbocycles. The molecule has 0 saturated heterocycles. The summed E-state index contributed by atoms with van der Waals surface area (Å²) in [4.78, 5) is 12.8. The molecule has 3 aromatic rings. The zero-order valence-electron chi connectivity index (χ0n) is 18.1. The predicted octanol–water partition coefficient (Wildman–Crippen LogP) is 4.08. The van der Waals surface area contributed by atoms with Gasteiger partial charge in [-0.15, -0.1) is 0 Å². The summed E-state index contributed by atoms with van der Waals surface area (Å²) < 4.78 is 34.5. The van der Waals surface area contributed by atoms with Crippen molar-refractivity contribution in [1.29, 1.82) is 0 Å². The molecule has 8 nitrogen and oxygen atoms in total. The molecule has 4 rings (SSSR count). The highest BCUT2D eigenvalue weighted by atomic mass is 32.2. The number of aromatic nitrogens is 2. The van der Waals surface area contributed by atoms with Gasteiger partial charge in [0.2, 0.25) is 0 Å². The van der Waals surface area contributed by atoms with E-state index >= 15 is 0 Å². The number of methoxy groups -OCH3 is 1. The second kappa shape index (κ2) is 9.04. The number of hydrogen-bond donors (Lipinski definition) is 1. The number of sulfonamides is 1. The maximum Gasteiger partial charge on any atom is 0.264 e. The molecule has 1 N–H and O–H groups in total. The van der Waals surface area contributed by atoms with Crippen LogP contribution in [0.15, 0.2) is 65.7 Å². The molecule has 1 aliphatic rings. The van der Waals surface area contributed by atoms with Crippen LogP contribution in [0.25, 0.3) is 0 Å². The highest BCUT2D eigenvalue weighted by molar-refractivity contribution is 7.92. The van der Waals surface area contributed by atoms with E-state index in [4.69, 9.17) is 4.74 Å². The Labute approximate surface area is 187 Å². The van der Waals surface area contributed by atoms with E-state index in [0.717, 1.165) is 25.7 Å². The molecule has 1 fully saturated rings. The summed E-state index contributed by atoms with van der Waals surface area (Å²) in [7, 11) is -0.866. The Kier molecular flexibility index (Phi) is 6.18. The number of hydrogen-bond acceptors (Lipinski definition) is 5. The molecular weight excluding hydrogens is 428 g/mol. The SMILES string of the molecule is COc1ccccc1N(C)S(=O)(=O)c1ccc(C(=O)Nc2ccnn2C2CCCC2)cc1. The van der Waals surface area contributed by atoms with Gasteiger partial charge in [-0.25, -0.2) is 13.1 Å². The number of carbonyl (C=O) groups excluding carboxylic acids is 1. The van der Waals surface area contributed by atoms with Crippen LogP contribution in [0.3, 0.4) is 0 Å². The molecule has 32 heavy (non-hydrogen) atoms. The molecule has 2 aromatic carbocycles. The molecule has 168 valence electrons. The van der Waals surface area contributed by atoms with Crippen LogP contribution in [0.1, 0.15) is 42.1 Å². The standard InChI is InChI=1S/C23H26N4O4S/c1-26(20-9-5-6-10-21(20)31-2)32(29,30)19-13-11-17(12-14-19)23(28)25-22-15-16-24-27(22)18-7-3-4-8-18/h5-6,9-16,18H,3-4,7-8H2,1-2H3,(H,25,28). The van der Waals surface area contributed by atoms with Gasteiger partial charge in [-0.3, -0.25) is 9.10 Å². The monoisotopic (exact) mass is 454 g/mol. The van der Waals surface area contributed by atoms with E-state index in [2.05, 4.69) is 10.4 Å². The number of rotatable bonds is 7. The molecule has 0 radical (unpaired) electrons. The van der Waals surface area contributed by atoms with Crippen molar-refractivity contribution in [2.24, 2.45) is 0 Å². The van der Waals surface area contributed by atoms with Crippen molar-refractivity contribution in [2.45, 2.75) is 36.6 Å². The first kappa shape index (κ1) is 21.9. The smallest absolute Gasteiger partial charge is 0.264 e. The molecule has 0 unspecified atom stereocenters. The first-order valence-corrected chi connectivity index (χ1v) is 11.9. The predicted molar refractivity (Wildman–Crippen MR) is 123 cm³/mol. The van der Waals surface area contributed by atoms with Gasteiger partial charge in [-0.2, -0.15) is 5.10 Å². The second-order valence-corrected chi connectivity index (χ2v) is 9.69. The Bertz CT molecular complexity index is 1200. The lowest BCUT2D eigenvalue weighted by Gasteiger charge is -2.21. The topological polar surface area (TPSA) is 93.5 Å². The fraction of sp³-hybridized carbons (Fsp3) is 0.304. The summed E-state index contributed by atoms with van der Waals surface area (Å²) in [6.45, 7) is 0. The van der Waals surface area contributed by atoms with E-state index in [9.17, 15) is 13.2 Å². The lowest BCUT2D eigenvalue weighted by atomic mass is 10.2. The van der Waals surface area contributed by atoms with Crippen molar-refractivity contribution in [3.63, 3.8) is 0 Å². The molecule has 0 aliphatic heterocycles. The Balaban J connectivity index is 1.51. The third-order valence-electron chi connectivity index (χ3n) is 5.78. The lowest BCUT2D eigenvalue weighted by molar-refractivity contribution is 0.102. The van der Waals surface area contributed by atoms with Gasteiger partial charge in [0.25, 0.3) is 15.9 Å². The normalized spacial score (nSPS) is 14.3. The zero-order chi connectivity index (χ0) is 22.7. The number of ether oxygens (including phenoxy) is 1. The largest absolute Gasteiger partial charge is 0.495 e. The van der Waals surface area contributed by atoms with Crippen LogP contribution in [0.4, 0.5) is 11.5 Å². The average Bonchev–Trinajstić information content (AvgIpc) is 3.50. The zero-order valence-corrected chi connectivity index (χ0v) is 18.9. The summed E-state index contributed by atoms with van der Waals surface area (Å²) in [6.07, 6.45) is 6.11. The maximum absolute atomic E-state index is 13.1. The van der Waals surface area contributed by atoms with Crippen LogP contribution in [0.5, 0.6) is 5.75 Å². The third-order valence-corrected chi connectivity index (χ3v) is 7.57. The number of carbonyl (C=O) groups is 1. The second-order valence-electron chi connectivity index (χ2n) is 7.72. The van der Waals surface area contributed by atoms with Gasteiger partial charge >= 0.3 is 0 Å². The molecule has 1 aliphatic carbocycles. The van der Waals surface area contributed by atoms with Crippen molar-refractivity contribution in [1.82, 2.24) is 9.78 Å². The van der Waals surface area contributed by atoms with Crippen LogP contribution >= 0.6 is 0 Å². The van der Waals surface area contributed by atoms with E-state index in [1.54, 1.807) is 36.5 Å². The van der Waals surface area contributed by atoms with Gasteiger partial charge in [0.15, 0.2) is 0 Å². The van der Waals surface area contributed by atoms with Crippen molar-refractivity contribution in [2.75, 3.05) is 23.8 Å². The summed E-state index contributed by atoms with van der Waals surface area (Å²) in [5.74, 6) is 0.787. The summed E-state index contributed by atoms with van der Waals surface area (Å²) in [6, 6.07) is 14.9. The van der Waals surface area contributed by atoms with Gasteiger partial charge < -0.3 is 10.1 Å². The highest BCUT2D eigenvalue weighted by Crippen LogP contribution is 2.32. The van der Waals surface area contributed by atoms with Crippen LogP contribution in [-0.2, 0) is 10.0 Å². The molecule has 1 amide bonds. The van der Waals surface area contributed by atoms with E-state index in [1.807, 2.05) is 4.68 Å². The molecule has 0 atom stereocenters. The fourth-order valence-electron chi connectivity index (χ4n) is 4.00. The van der Waals surface area contributed by atoms with Crippen LogP contribution in [0, 0.1) is 0 Å². The minimum absolute atomic E-state index is 0.0819. The van der Waals surface area contributed by atoms with Crippen LogP contribution in [-0.4, -0.2) is 38.3 Å². The number of nitrogens with zero attached hydrogens (tertiary/aromatic N) is 3. The Hall–Kier alpha value is -3.33. The van der Waals surface area contributed by atoms with Crippen molar-refractivity contribution < 1.29 is 17.9 Å². The van der Waals surface area contributed by atoms with Gasteiger partial charge in [0.1, 0.15) is 11.6 Å². The summed E-state index contributed by atoms with van der Waals surface area (Å²) >= 11 is 0.